The van der Waals surface area contributed by atoms with Gasteiger partial charge in [-0.1, -0.05) is 18.2 Å². The number of nitrogens with one attached hydrogen (secondary N) is 1. The highest BCUT2D eigenvalue weighted by molar-refractivity contribution is 5.82. The summed E-state index contributed by atoms with van der Waals surface area (Å²) < 4.78 is 56.6. The Kier molecular flexibility index (Phi) is 6.12. The summed E-state index contributed by atoms with van der Waals surface area (Å²) in [7, 11) is 0. The molecule has 2 aromatic carbocycles. The molecule has 0 saturated carbocycles. The average molecular weight is 463 g/mol. The number of benzene rings is 2. The normalized spacial score (nSPS) is 14.1. The number of carbonyl (C=O) groups is 2. The lowest BCUT2D eigenvalue weighted by Crippen LogP contribution is -2.32. The summed E-state index contributed by atoms with van der Waals surface area (Å²) in [6.45, 7) is 1.25. The molecule has 1 aliphatic rings. The smallest absolute Gasteiger partial charge is 0.449 e. The first-order valence-electron chi connectivity index (χ1n) is 10.1. The van der Waals surface area contributed by atoms with Gasteiger partial charge in [-0.3, -0.25) is 9.59 Å². The van der Waals surface area contributed by atoms with Crippen molar-refractivity contribution in [2.24, 2.45) is 0 Å². The van der Waals surface area contributed by atoms with E-state index in [0.717, 1.165) is 10.1 Å². The largest absolute Gasteiger partial charge is 0.486 e. The van der Waals surface area contributed by atoms with Gasteiger partial charge in [-0.2, -0.15) is 13.2 Å². The summed E-state index contributed by atoms with van der Waals surface area (Å²) >= 11 is 0. The topological polar surface area (TPSA) is 91.7 Å². The molecule has 2 heterocycles. The van der Waals surface area contributed by atoms with Gasteiger partial charge in [0.15, 0.2) is 18.1 Å². The van der Waals surface area contributed by atoms with Crippen LogP contribution in [-0.2, 0) is 27.0 Å². The number of hydrogen-bond acceptors (Lipinski definition) is 6. The highest BCUT2D eigenvalue weighted by Gasteiger charge is 2.38. The Balaban J connectivity index is 1.36. The molecule has 1 N–H and O–H groups in total. The van der Waals surface area contributed by atoms with Gasteiger partial charge in [0.1, 0.15) is 19.8 Å². The molecule has 1 aromatic heterocycles. The van der Waals surface area contributed by atoms with E-state index < -0.39 is 43.1 Å². The van der Waals surface area contributed by atoms with Crippen LogP contribution in [0.3, 0.4) is 0 Å². The zero-order valence-electron chi connectivity index (χ0n) is 17.5. The maximum atomic E-state index is 13.3. The lowest BCUT2D eigenvalue weighted by atomic mass is 10.1. The Morgan fingerprint density at radius 1 is 1.15 bits per heavy atom. The molecule has 4 rings (SSSR count). The van der Waals surface area contributed by atoms with Crippen LogP contribution in [0.25, 0.3) is 11.0 Å². The molecule has 0 aliphatic carbocycles. The van der Waals surface area contributed by atoms with E-state index in [4.69, 9.17) is 14.2 Å². The van der Waals surface area contributed by atoms with Crippen LogP contribution in [-0.4, -0.2) is 41.2 Å². The van der Waals surface area contributed by atoms with E-state index in [-0.39, 0.29) is 11.0 Å². The minimum atomic E-state index is -4.75. The van der Waals surface area contributed by atoms with E-state index in [1.807, 2.05) is 0 Å². The molecule has 0 bridgehead atoms. The third kappa shape index (κ3) is 5.02. The number of aromatic nitrogens is 2. The van der Waals surface area contributed by atoms with E-state index in [9.17, 15) is 22.8 Å². The minimum Gasteiger partial charge on any atom is -0.486 e. The number of nitrogens with zero attached hydrogens (tertiary/aromatic N) is 2. The summed E-state index contributed by atoms with van der Waals surface area (Å²) in [4.78, 5) is 28.0. The van der Waals surface area contributed by atoms with Crippen molar-refractivity contribution in [2.45, 2.75) is 25.7 Å². The number of halogens is 3. The average Bonchev–Trinajstić information content (AvgIpc) is 3.16. The third-order valence-electron chi connectivity index (χ3n) is 5.00. The van der Waals surface area contributed by atoms with E-state index in [1.54, 1.807) is 37.3 Å². The van der Waals surface area contributed by atoms with Crippen LogP contribution in [0.1, 0.15) is 24.4 Å². The number of fused-ring (bicyclic) bond motifs is 2. The van der Waals surface area contributed by atoms with Crippen LogP contribution in [0, 0.1) is 0 Å². The first-order valence-corrected chi connectivity index (χ1v) is 10.1. The molecule has 8 nitrogen and oxygen atoms in total. The Hall–Kier alpha value is -3.76. The van der Waals surface area contributed by atoms with Gasteiger partial charge in [0.05, 0.1) is 17.1 Å². The first kappa shape index (κ1) is 22.4. The van der Waals surface area contributed by atoms with Crippen molar-refractivity contribution in [3.63, 3.8) is 0 Å². The van der Waals surface area contributed by atoms with Crippen LogP contribution in [0.15, 0.2) is 42.5 Å². The second-order valence-electron chi connectivity index (χ2n) is 7.36. The molecule has 0 fully saturated rings. The molecule has 33 heavy (non-hydrogen) atoms. The van der Waals surface area contributed by atoms with E-state index in [1.165, 1.54) is 12.1 Å². The lowest BCUT2D eigenvalue weighted by molar-refractivity contribution is -0.153. The van der Waals surface area contributed by atoms with Gasteiger partial charge in [-0.05, 0) is 36.8 Å². The monoisotopic (exact) mass is 463 g/mol. The molecule has 3 aromatic rings. The zero-order chi connectivity index (χ0) is 23.6. The summed E-state index contributed by atoms with van der Waals surface area (Å²) in [5.74, 6) is -1.62. The highest BCUT2D eigenvalue weighted by atomic mass is 19.4. The second kappa shape index (κ2) is 9.00. The van der Waals surface area contributed by atoms with Gasteiger partial charge in [-0.25, -0.2) is 4.98 Å². The number of carbonyl (C=O) groups excluding carboxylic acids is 2. The van der Waals surface area contributed by atoms with Crippen molar-refractivity contribution >= 4 is 22.9 Å². The first-order chi connectivity index (χ1) is 15.7. The van der Waals surface area contributed by atoms with Crippen molar-refractivity contribution in [1.29, 1.82) is 0 Å². The fraction of sp³-hybridized carbons (Fsp3) is 0.318. The van der Waals surface area contributed by atoms with Gasteiger partial charge in [0, 0.05) is 0 Å². The number of imidazole rings is 1. The van der Waals surface area contributed by atoms with Crippen molar-refractivity contribution < 1.29 is 37.0 Å². The van der Waals surface area contributed by atoms with Gasteiger partial charge >= 0.3 is 12.1 Å². The number of amides is 1. The summed E-state index contributed by atoms with van der Waals surface area (Å²) in [6, 6.07) is 10.7. The molecule has 1 amide bonds. The van der Waals surface area contributed by atoms with Crippen LogP contribution >= 0.6 is 0 Å². The van der Waals surface area contributed by atoms with Gasteiger partial charge in [-0.15, -0.1) is 0 Å². The Morgan fingerprint density at radius 3 is 2.64 bits per heavy atom. The van der Waals surface area contributed by atoms with E-state index in [0.29, 0.717) is 24.7 Å². The molecule has 1 aliphatic heterocycles. The van der Waals surface area contributed by atoms with Crippen molar-refractivity contribution in [3.8, 4) is 11.5 Å². The maximum Gasteiger partial charge on any atom is 0.449 e. The number of para-hydroxylation sites is 2. The predicted molar refractivity (Wildman–Crippen MR) is 110 cm³/mol. The molecule has 0 saturated heterocycles. The van der Waals surface area contributed by atoms with Crippen LogP contribution in [0.5, 0.6) is 11.5 Å². The second-order valence-corrected chi connectivity index (χ2v) is 7.36. The molecule has 1 unspecified atom stereocenters. The van der Waals surface area contributed by atoms with Crippen LogP contribution in [0.2, 0.25) is 0 Å². The Morgan fingerprint density at radius 2 is 1.88 bits per heavy atom. The lowest BCUT2D eigenvalue weighted by Gasteiger charge is -2.21. The van der Waals surface area contributed by atoms with Crippen LogP contribution in [0.4, 0.5) is 13.2 Å². The maximum absolute atomic E-state index is 13.3. The number of esters is 1. The fourth-order valence-electron chi connectivity index (χ4n) is 3.47. The number of rotatable bonds is 6. The van der Waals surface area contributed by atoms with Gasteiger partial charge in [0.25, 0.3) is 5.91 Å². The minimum absolute atomic E-state index is 0.101. The summed E-state index contributed by atoms with van der Waals surface area (Å²) in [5.41, 5.74) is 0.987. The zero-order valence-corrected chi connectivity index (χ0v) is 17.5. The summed E-state index contributed by atoms with van der Waals surface area (Å²) in [6.07, 6.45) is -4.75. The van der Waals surface area contributed by atoms with E-state index in [2.05, 4.69) is 10.3 Å². The van der Waals surface area contributed by atoms with Crippen molar-refractivity contribution in [3.05, 3.63) is 53.9 Å². The van der Waals surface area contributed by atoms with Crippen molar-refractivity contribution in [2.75, 3.05) is 19.8 Å². The Bertz CT molecular complexity index is 1190. The molecular weight excluding hydrogens is 443 g/mol. The molecular formula is C22H20F3N3O5. The Labute approximate surface area is 186 Å². The number of alkyl halides is 3. The molecule has 1 atom stereocenters. The molecule has 174 valence electrons. The van der Waals surface area contributed by atoms with Crippen LogP contribution < -0.4 is 14.8 Å². The number of hydrogen-bond donors (Lipinski definition) is 1. The molecule has 0 spiro atoms. The predicted octanol–water partition coefficient (Wildman–Crippen LogP) is 3.25. The fourth-order valence-corrected chi connectivity index (χ4v) is 3.47. The molecule has 0 radical (unpaired) electrons. The van der Waals surface area contributed by atoms with Gasteiger partial charge < -0.3 is 24.1 Å². The SMILES string of the molecule is CC(NC(=O)COC(=O)Cn1c(C(F)(F)F)nc2ccccc21)c1ccc2c(c1)OCCO2. The number of ether oxygens (including phenoxy) is 3. The van der Waals surface area contributed by atoms with E-state index >= 15 is 0 Å². The highest BCUT2D eigenvalue weighted by Crippen LogP contribution is 2.33. The third-order valence-corrected chi connectivity index (χ3v) is 5.00. The molecule has 11 heteroatoms. The van der Waals surface area contributed by atoms with Gasteiger partial charge in [0.2, 0.25) is 5.82 Å². The summed E-state index contributed by atoms with van der Waals surface area (Å²) in [5, 5.41) is 2.67. The van der Waals surface area contributed by atoms with Crippen molar-refractivity contribution in [1.82, 2.24) is 14.9 Å². The quantitative estimate of drug-likeness (QED) is 0.565. The standard InChI is InChI=1S/C22H20F3N3O5/c1-13(14-6-7-17-18(10-14)32-9-8-31-17)26-19(29)12-33-20(30)11-28-16-5-3-2-4-15(16)27-21(28)22(23,24)25/h2-7,10,13H,8-9,11-12H2,1H3,(H,26,29).